The number of carbonyl (C=O) groups excluding carboxylic acids is 1. The van der Waals surface area contributed by atoms with Gasteiger partial charge in [0.2, 0.25) is 0 Å². The zero-order valence-corrected chi connectivity index (χ0v) is 11.3. The third-order valence-electron chi connectivity index (χ3n) is 3.74. The number of nitrogens with one attached hydrogen (secondary N) is 1. The monoisotopic (exact) mass is 246 g/mol. The number of hydrogen-bond acceptors (Lipinski definition) is 2. The van der Waals surface area contributed by atoms with Gasteiger partial charge in [0.05, 0.1) is 0 Å². The molecular weight excluding hydrogens is 224 g/mol. The van der Waals surface area contributed by atoms with Gasteiger partial charge in [0, 0.05) is 24.7 Å². The van der Waals surface area contributed by atoms with Crippen LogP contribution < -0.4 is 5.32 Å². The molecule has 2 rings (SSSR count). The molecule has 0 fully saturated rings. The van der Waals surface area contributed by atoms with Crippen molar-refractivity contribution in [3.8, 4) is 0 Å². The second-order valence-corrected chi connectivity index (χ2v) is 5.03. The second kappa shape index (κ2) is 6.01. The molecule has 0 saturated heterocycles. The maximum absolute atomic E-state index is 12.3. The fourth-order valence-electron chi connectivity index (χ4n) is 2.42. The SMILES string of the molecule is CNC(C)CCCN1CCc2ccccc2C1=O. The molecule has 1 unspecified atom stereocenters. The van der Waals surface area contributed by atoms with Gasteiger partial charge in [-0.2, -0.15) is 0 Å². The zero-order chi connectivity index (χ0) is 13.0. The van der Waals surface area contributed by atoms with Crippen LogP contribution >= 0.6 is 0 Å². The minimum Gasteiger partial charge on any atom is -0.338 e. The van der Waals surface area contributed by atoms with Crippen molar-refractivity contribution in [3.05, 3.63) is 35.4 Å². The number of nitrogens with zero attached hydrogens (tertiary/aromatic N) is 1. The van der Waals surface area contributed by atoms with E-state index in [1.165, 1.54) is 5.56 Å². The van der Waals surface area contributed by atoms with Crippen molar-refractivity contribution in [1.29, 1.82) is 0 Å². The van der Waals surface area contributed by atoms with E-state index in [1.54, 1.807) is 0 Å². The van der Waals surface area contributed by atoms with E-state index in [0.717, 1.165) is 37.9 Å². The van der Waals surface area contributed by atoms with E-state index in [0.29, 0.717) is 6.04 Å². The molecule has 0 aromatic heterocycles. The number of amides is 1. The maximum atomic E-state index is 12.3. The van der Waals surface area contributed by atoms with Crippen molar-refractivity contribution in [1.82, 2.24) is 10.2 Å². The second-order valence-electron chi connectivity index (χ2n) is 5.03. The molecule has 1 aliphatic rings. The smallest absolute Gasteiger partial charge is 0.254 e. The minimum absolute atomic E-state index is 0.203. The van der Waals surface area contributed by atoms with Crippen molar-refractivity contribution in [2.24, 2.45) is 0 Å². The first-order chi connectivity index (χ1) is 8.72. The van der Waals surface area contributed by atoms with Gasteiger partial charge in [0.15, 0.2) is 0 Å². The first-order valence-corrected chi connectivity index (χ1v) is 6.77. The van der Waals surface area contributed by atoms with Crippen LogP contribution in [0.2, 0.25) is 0 Å². The van der Waals surface area contributed by atoms with E-state index in [2.05, 4.69) is 18.3 Å². The summed E-state index contributed by atoms with van der Waals surface area (Å²) in [6, 6.07) is 8.49. The zero-order valence-electron chi connectivity index (χ0n) is 11.3. The number of rotatable bonds is 5. The highest BCUT2D eigenvalue weighted by atomic mass is 16.2. The normalized spacial score (nSPS) is 16.6. The third-order valence-corrected chi connectivity index (χ3v) is 3.74. The van der Waals surface area contributed by atoms with Crippen LogP contribution in [-0.2, 0) is 6.42 Å². The molecule has 1 aromatic carbocycles. The molecule has 0 aliphatic carbocycles. The Hall–Kier alpha value is -1.35. The Bertz CT molecular complexity index is 417. The number of fused-ring (bicyclic) bond motifs is 1. The molecule has 1 N–H and O–H groups in total. The fourth-order valence-corrected chi connectivity index (χ4v) is 2.42. The van der Waals surface area contributed by atoms with Crippen LogP contribution in [0.4, 0.5) is 0 Å². The summed E-state index contributed by atoms with van der Waals surface area (Å²) in [5.41, 5.74) is 2.09. The average molecular weight is 246 g/mol. The molecule has 3 nitrogen and oxygen atoms in total. The summed E-state index contributed by atoms with van der Waals surface area (Å²) in [4.78, 5) is 14.3. The minimum atomic E-state index is 0.203. The quantitative estimate of drug-likeness (QED) is 0.862. The Morgan fingerprint density at radius 3 is 2.94 bits per heavy atom. The van der Waals surface area contributed by atoms with Crippen molar-refractivity contribution in [2.45, 2.75) is 32.2 Å². The lowest BCUT2D eigenvalue weighted by atomic mass is 9.99. The van der Waals surface area contributed by atoms with Gasteiger partial charge in [0.25, 0.3) is 5.91 Å². The first-order valence-electron chi connectivity index (χ1n) is 6.77. The van der Waals surface area contributed by atoms with Gasteiger partial charge in [-0.1, -0.05) is 18.2 Å². The highest BCUT2D eigenvalue weighted by Gasteiger charge is 2.23. The van der Waals surface area contributed by atoms with Crippen LogP contribution in [0.25, 0.3) is 0 Å². The van der Waals surface area contributed by atoms with Gasteiger partial charge in [-0.05, 0) is 44.9 Å². The van der Waals surface area contributed by atoms with Gasteiger partial charge in [-0.3, -0.25) is 4.79 Å². The lowest BCUT2D eigenvalue weighted by Crippen LogP contribution is -2.38. The van der Waals surface area contributed by atoms with E-state index < -0.39 is 0 Å². The summed E-state index contributed by atoms with van der Waals surface area (Å²) in [6.07, 6.45) is 3.17. The Kier molecular flexibility index (Phi) is 4.37. The summed E-state index contributed by atoms with van der Waals surface area (Å²) in [7, 11) is 1.98. The van der Waals surface area contributed by atoms with Crippen LogP contribution in [0.1, 0.15) is 35.7 Å². The summed E-state index contributed by atoms with van der Waals surface area (Å²) in [5, 5.41) is 3.23. The maximum Gasteiger partial charge on any atom is 0.254 e. The highest BCUT2D eigenvalue weighted by Crippen LogP contribution is 2.18. The fraction of sp³-hybridized carbons (Fsp3) is 0.533. The first kappa shape index (κ1) is 13.1. The van der Waals surface area contributed by atoms with Crippen molar-refractivity contribution in [3.63, 3.8) is 0 Å². The molecule has 1 amide bonds. The molecule has 0 bridgehead atoms. The van der Waals surface area contributed by atoms with Crippen LogP contribution in [-0.4, -0.2) is 37.0 Å². The van der Waals surface area contributed by atoms with Crippen LogP contribution in [0, 0.1) is 0 Å². The lowest BCUT2D eigenvalue weighted by molar-refractivity contribution is 0.0736. The summed E-state index contributed by atoms with van der Waals surface area (Å²) in [6.45, 7) is 3.91. The summed E-state index contributed by atoms with van der Waals surface area (Å²) < 4.78 is 0. The third kappa shape index (κ3) is 2.91. The summed E-state index contributed by atoms with van der Waals surface area (Å²) >= 11 is 0. The standard InChI is InChI=1S/C15H22N2O/c1-12(16-2)6-5-10-17-11-9-13-7-3-4-8-14(13)15(17)18/h3-4,7-8,12,16H,5-6,9-11H2,1-2H3. The lowest BCUT2D eigenvalue weighted by Gasteiger charge is -2.28. The van der Waals surface area contributed by atoms with Gasteiger partial charge >= 0.3 is 0 Å². The molecular formula is C15H22N2O. The predicted octanol–water partition coefficient (Wildman–Crippen LogP) is 2.07. The van der Waals surface area contributed by atoms with Gasteiger partial charge in [-0.15, -0.1) is 0 Å². The topological polar surface area (TPSA) is 32.3 Å². The Morgan fingerprint density at radius 1 is 1.39 bits per heavy atom. The number of benzene rings is 1. The van der Waals surface area contributed by atoms with Gasteiger partial charge in [-0.25, -0.2) is 0 Å². The molecule has 1 aromatic rings. The van der Waals surface area contributed by atoms with Crippen molar-refractivity contribution >= 4 is 5.91 Å². The Labute approximate surface area is 109 Å². The number of hydrogen-bond donors (Lipinski definition) is 1. The van der Waals surface area contributed by atoms with Gasteiger partial charge < -0.3 is 10.2 Å². The predicted molar refractivity (Wildman–Crippen MR) is 73.8 cm³/mol. The van der Waals surface area contributed by atoms with Crippen LogP contribution in [0.5, 0.6) is 0 Å². The van der Waals surface area contributed by atoms with Crippen LogP contribution in [0.15, 0.2) is 24.3 Å². The van der Waals surface area contributed by atoms with Gasteiger partial charge in [0.1, 0.15) is 0 Å². The molecule has 0 radical (unpaired) electrons. The Morgan fingerprint density at radius 2 is 2.17 bits per heavy atom. The molecule has 0 spiro atoms. The molecule has 1 atom stereocenters. The van der Waals surface area contributed by atoms with E-state index in [4.69, 9.17) is 0 Å². The molecule has 98 valence electrons. The van der Waals surface area contributed by atoms with Crippen LogP contribution in [0.3, 0.4) is 0 Å². The van der Waals surface area contributed by atoms with E-state index >= 15 is 0 Å². The average Bonchev–Trinajstić information content (AvgIpc) is 2.41. The number of carbonyl (C=O) groups is 1. The molecule has 1 aliphatic heterocycles. The largest absolute Gasteiger partial charge is 0.338 e. The summed E-state index contributed by atoms with van der Waals surface area (Å²) in [5.74, 6) is 0.203. The highest BCUT2D eigenvalue weighted by molar-refractivity contribution is 5.96. The molecule has 1 heterocycles. The molecule has 3 heteroatoms. The van der Waals surface area contributed by atoms with E-state index in [1.807, 2.05) is 30.1 Å². The van der Waals surface area contributed by atoms with Crippen molar-refractivity contribution in [2.75, 3.05) is 20.1 Å². The van der Waals surface area contributed by atoms with Crippen molar-refractivity contribution < 1.29 is 4.79 Å². The van der Waals surface area contributed by atoms with E-state index in [-0.39, 0.29) is 5.91 Å². The molecule has 0 saturated carbocycles. The Balaban J connectivity index is 1.91. The molecule has 18 heavy (non-hydrogen) atoms. The van der Waals surface area contributed by atoms with E-state index in [9.17, 15) is 4.79 Å².